The second-order valence-corrected chi connectivity index (χ2v) is 5.33. The lowest BCUT2D eigenvalue weighted by Gasteiger charge is -2.36. The molecule has 0 atom stereocenters. The van der Waals surface area contributed by atoms with E-state index in [1.807, 2.05) is 18.7 Å². The van der Waals surface area contributed by atoms with Crippen LogP contribution in [0.4, 0.5) is 0 Å². The topological polar surface area (TPSA) is 55.6 Å². The van der Waals surface area contributed by atoms with E-state index in [0.717, 1.165) is 12.8 Å². The number of rotatable bonds is 4. The average Bonchev–Trinajstić information content (AvgIpc) is 2.88. The third-order valence-electron chi connectivity index (χ3n) is 3.67. The molecule has 1 aliphatic rings. The van der Waals surface area contributed by atoms with Gasteiger partial charge in [-0.2, -0.15) is 0 Å². The maximum absolute atomic E-state index is 12.6. The Hall–Kier alpha value is -1.52. The first kappa shape index (κ1) is 13.9. The predicted octanol–water partition coefficient (Wildman–Crippen LogP) is 2.87. The standard InChI is InChI=1S/C14H22N2O3/c1-10(2)16(11-7-5-4-6-8-11)14(17)12-9-13(18-3)15-19-12/h9-11H,4-8H2,1-3H3. The molecule has 1 aromatic rings. The summed E-state index contributed by atoms with van der Waals surface area (Å²) in [4.78, 5) is 14.5. The molecule has 1 fully saturated rings. The SMILES string of the molecule is COc1cc(C(=O)N(C(C)C)C2CCCCC2)on1. The summed E-state index contributed by atoms with van der Waals surface area (Å²) in [6.07, 6.45) is 5.82. The molecule has 1 aromatic heterocycles. The molecule has 0 aromatic carbocycles. The number of carbonyl (C=O) groups excluding carboxylic acids is 1. The Labute approximate surface area is 113 Å². The lowest BCUT2D eigenvalue weighted by atomic mass is 9.93. The van der Waals surface area contributed by atoms with Crippen molar-refractivity contribution in [3.8, 4) is 5.88 Å². The van der Waals surface area contributed by atoms with Crippen LogP contribution in [0.2, 0.25) is 0 Å². The largest absolute Gasteiger partial charge is 0.479 e. The van der Waals surface area contributed by atoms with Gasteiger partial charge in [-0.15, -0.1) is 0 Å². The van der Waals surface area contributed by atoms with Gasteiger partial charge in [-0.3, -0.25) is 4.79 Å². The van der Waals surface area contributed by atoms with Gasteiger partial charge in [0, 0.05) is 12.1 Å². The lowest BCUT2D eigenvalue weighted by molar-refractivity contribution is 0.0513. The number of ether oxygens (including phenoxy) is 1. The lowest BCUT2D eigenvalue weighted by Crippen LogP contribution is -2.45. The first-order chi connectivity index (χ1) is 9.13. The molecule has 0 unspecified atom stereocenters. The molecule has 19 heavy (non-hydrogen) atoms. The van der Waals surface area contributed by atoms with Gasteiger partial charge in [0.2, 0.25) is 5.76 Å². The molecule has 5 heteroatoms. The summed E-state index contributed by atoms with van der Waals surface area (Å²) in [5.74, 6) is 0.518. The van der Waals surface area contributed by atoms with Crippen molar-refractivity contribution in [3.05, 3.63) is 11.8 Å². The van der Waals surface area contributed by atoms with Crippen molar-refractivity contribution in [2.45, 2.75) is 58.0 Å². The Kier molecular flexibility index (Phi) is 4.45. The van der Waals surface area contributed by atoms with Gasteiger partial charge in [-0.1, -0.05) is 19.3 Å². The Balaban J connectivity index is 2.15. The average molecular weight is 266 g/mol. The van der Waals surface area contributed by atoms with E-state index in [1.165, 1.54) is 26.4 Å². The van der Waals surface area contributed by atoms with Crippen LogP contribution in [0.1, 0.15) is 56.5 Å². The minimum Gasteiger partial charge on any atom is -0.479 e. The summed E-state index contributed by atoms with van der Waals surface area (Å²) >= 11 is 0. The zero-order chi connectivity index (χ0) is 13.8. The molecule has 1 heterocycles. The van der Waals surface area contributed by atoms with Crippen LogP contribution >= 0.6 is 0 Å². The van der Waals surface area contributed by atoms with Crippen LogP contribution in [-0.2, 0) is 0 Å². The molecule has 0 N–H and O–H groups in total. The summed E-state index contributed by atoms with van der Waals surface area (Å²) < 4.78 is 10.0. The van der Waals surface area contributed by atoms with Crippen LogP contribution in [0.15, 0.2) is 10.6 Å². The molecule has 106 valence electrons. The minimum absolute atomic E-state index is 0.0855. The summed E-state index contributed by atoms with van der Waals surface area (Å²) in [5.41, 5.74) is 0. The van der Waals surface area contributed by atoms with Crippen molar-refractivity contribution in [1.82, 2.24) is 10.1 Å². The maximum Gasteiger partial charge on any atom is 0.293 e. The second kappa shape index (κ2) is 6.08. The second-order valence-electron chi connectivity index (χ2n) is 5.33. The molecule has 1 amide bonds. The zero-order valence-corrected chi connectivity index (χ0v) is 11.9. The molecule has 0 bridgehead atoms. The van der Waals surface area contributed by atoms with E-state index in [-0.39, 0.29) is 17.7 Å². The third kappa shape index (κ3) is 3.08. The summed E-state index contributed by atoms with van der Waals surface area (Å²) in [6.45, 7) is 4.08. The van der Waals surface area contributed by atoms with Crippen LogP contribution in [0, 0.1) is 0 Å². The van der Waals surface area contributed by atoms with Gasteiger partial charge in [0.25, 0.3) is 11.8 Å². The van der Waals surface area contributed by atoms with E-state index in [1.54, 1.807) is 6.07 Å². The highest BCUT2D eigenvalue weighted by atomic mass is 16.5. The van der Waals surface area contributed by atoms with Gasteiger partial charge in [-0.05, 0) is 31.8 Å². The summed E-state index contributed by atoms with van der Waals surface area (Å²) in [6, 6.07) is 2.03. The molecular formula is C14H22N2O3. The highest BCUT2D eigenvalue weighted by Gasteiger charge is 2.30. The number of carbonyl (C=O) groups is 1. The van der Waals surface area contributed by atoms with Gasteiger partial charge in [0.05, 0.1) is 13.2 Å². The molecule has 0 radical (unpaired) electrons. The molecule has 1 saturated carbocycles. The van der Waals surface area contributed by atoms with E-state index in [2.05, 4.69) is 5.16 Å². The number of hydrogen-bond acceptors (Lipinski definition) is 4. The van der Waals surface area contributed by atoms with Crippen molar-refractivity contribution in [3.63, 3.8) is 0 Å². The normalized spacial score (nSPS) is 16.6. The zero-order valence-electron chi connectivity index (χ0n) is 11.9. The fourth-order valence-corrected chi connectivity index (χ4v) is 2.76. The van der Waals surface area contributed by atoms with Crippen molar-refractivity contribution < 1.29 is 14.1 Å². The van der Waals surface area contributed by atoms with E-state index in [9.17, 15) is 4.79 Å². The molecule has 5 nitrogen and oxygen atoms in total. The molecule has 0 saturated heterocycles. The highest BCUT2D eigenvalue weighted by Crippen LogP contribution is 2.26. The van der Waals surface area contributed by atoms with E-state index in [0.29, 0.717) is 11.9 Å². The first-order valence-corrected chi connectivity index (χ1v) is 6.97. The quantitative estimate of drug-likeness (QED) is 0.841. The molecule has 0 aliphatic heterocycles. The highest BCUT2D eigenvalue weighted by molar-refractivity contribution is 5.92. The Morgan fingerprint density at radius 2 is 2.11 bits per heavy atom. The Morgan fingerprint density at radius 3 is 2.63 bits per heavy atom. The van der Waals surface area contributed by atoms with Crippen molar-refractivity contribution >= 4 is 5.91 Å². The van der Waals surface area contributed by atoms with Crippen LogP contribution < -0.4 is 4.74 Å². The van der Waals surface area contributed by atoms with Gasteiger partial charge in [-0.25, -0.2) is 0 Å². The predicted molar refractivity (Wildman–Crippen MR) is 71.2 cm³/mol. The number of amides is 1. The minimum atomic E-state index is -0.0855. The van der Waals surface area contributed by atoms with Gasteiger partial charge in [0.1, 0.15) is 0 Å². The van der Waals surface area contributed by atoms with E-state index >= 15 is 0 Å². The van der Waals surface area contributed by atoms with Crippen LogP contribution in [-0.4, -0.2) is 35.2 Å². The molecule has 2 rings (SSSR count). The van der Waals surface area contributed by atoms with Crippen LogP contribution in [0.5, 0.6) is 5.88 Å². The van der Waals surface area contributed by atoms with Gasteiger partial charge >= 0.3 is 0 Å². The fraction of sp³-hybridized carbons (Fsp3) is 0.714. The van der Waals surface area contributed by atoms with Crippen molar-refractivity contribution in [2.24, 2.45) is 0 Å². The first-order valence-electron chi connectivity index (χ1n) is 6.97. The van der Waals surface area contributed by atoms with Gasteiger partial charge in [0.15, 0.2) is 0 Å². The Morgan fingerprint density at radius 1 is 1.42 bits per heavy atom. The number of nitrogens with zero attached hydrogens (tertiary/aromatic N) is 2. The summed E-state index contributed by atoms with van der Waals surface area (Å²) in [7, 11) is 1.51. The fourth-order valence-electron chi connectivity index (χ4n) is 2.76. The van der Waals surface area contributed by atoms with Crippen molar-refractivity contribution in [2.75, 3.05) is 7.11 Å². The number of hydrogen-bond donors (Lipinski definition) is 0. The van der Waals surface area contributed by atoms with Gasteiger partial charge < -0.3 is 14.2 Å². The van der Waals surface area contributed by atoms with E-state index in [4.69, 9.17) is 9.26 Å². The molecular weight excluding hydrogens is 244 g/mol. The number of aromatic nitrogens is 1. The Bertz CT molecular complexity index is 422. The summed E-state index contributed by atoms with van der Waals surface area (Å²) in [5, 5.41) is 3.70. The maximum atomic E-state index is 12.6. The molecule has 1 aliphatic carbocycles. The van der Waals surface area contributed by atoms with Crippen molar-refractivity contribution in [1.29, 1.82) is 0 Å². The molecule has 0 spiro atoms. The number of methoxy groups -OCH3 is 1. The van der Waals surface area contributed by atoms with E-state index < -0.39 is 0 Å². The monoisotopic (exact) mass is 266 g/mol. The smallest absolute Gasteiger partial charge is 0.293 e. The van der Waals surface area contributed by atoms with Crippen LogP contribution in [0.25, 0.3) is 0 Å². The van der Waals surface area contributed by atoms with Crippen LogP contribution in [0.3, 0.4) is 0 Å². The third-order valence-corrected chi connectivity index (χ3v) is 3.67.